The maximum absolute atomic E-state index is 11.8. The van der Waals surface area contributed by atoms with Crippen LogP contribution in [0.5, 0.6) is 0 Å². The summed E-state index contributed by atoms with van der Waals surface area (Å²) >= 11 is 3.30. The van der Waals surface area contributed by atoms with E-state index in [0.717, 1.165) is 24.7 Å². The zero-order chi connectivity index (χ0) is 12.6. The third-order valence-electron chi connectivity index (χ3n) is 2.47. The molecule has 0 aliphatic rings. The summed E-state index contributed by atoms with van der Waals surface area (Å²) in [4.78, 5) is 2.03. The van der Waals surface area contributed by atoms with E-state index >= 15 is 0 Å². The first-order valence-electron chi connectivity index (χ1n) is 5.45. The molecule has 0 aliphatic heterocycles. The van der Waals surface area contributed by atoms with Crippen LogP contribution in [0.15, 0.2) is 0 Å². The summed E-state index contributed by atoms with van der Waals surface area (Å²) in [6.07, 6.45) is -2.64. The molecule has 0 bridgehead atoms. The fourth-order valence-corrected chi connectivity index (χ4v) is 2.12. The first-order valence-corrected chi connectivity index (χ1v) is 6.57. The smallest absolute Gasteiger partial charge is 0.297 e. The summed E-state index contributed by atoms with van der Waals surface area (Å²) in [7, 11) is 0. The molecule has 0 saturated carbocycles. The van der Waals surface area contributed by atoms with Gasteiger partial charge < -0.3 is 0 Å². The molecule has 6 heteroatoms. The molecule has 98 valence electrons. The van der Waals surface area contributed by atoms with Gasteiger partial charge >= 0.3 is 6.36 Å². The van der Waals surface area contributed by atoms with Crippen LogP contribution < -0.4 is 0 Å². The highest BCUT2D eigenvalue weighted by Crippen LogP contribution is 2.16. The monoisotopic (exact) mass is 305 g/mol. The number of hydrogen-bond acceptors (Lipinski definition) is 2. The molecule has 0 spiro atoms. The van der Waals surface area contributed by atoms with Gasteiger partial charge in [0.05, 0.1) is 6.61 Å². The molecule has 0 aliphatic carbocycles. The second-order valence-electron chi connectivity index (χ2n) is 3.49. The zero-order valence-corrected chi connectivity index (χ0v) is 11.3. The molecule has 0 radical (unpaired) electrons. The van der Waals surface area contributed by atoms with Gasteiger partial charge in [-0.2, -0.15) is 0 Å². The summed E-state index contributed by atoms with van der Waals surface area (Å²) < 4.78 is 39.2. The molecule has 0 unspecified atom stereocenters. The summed E-state index contributed by atoms with van der Waals surface area (Å²) in [5.41, 5.74) is 0. The highest BCUT2D eigenvalue weighted by Gasteiger charge is 2.29. The number of nitrogens with zero attached hydrogens (tertiary/aromatic N) is 1. The third kappa shape index (κ3) is 7.46. The lowest BCUT2D eigenvalue weighted by atomic mass is 10.1. The van der Waals surface area contributed by atoms with Crippen LogP contribution in [0.25, 0.3) is 0 Å². The Kier molecular flexibility index (Phi) is 8.40. The van der Waals surface area contributed by atoms with Gasteiger partial charge in [0.1, 0.15) is 0 Å². The Balaban J connectivity index is 4.02. The Labute approximate surface area is 103 Å². The highest BCUT2D eigenvalue weighted by molar-refractivity contribution is 9.09. The predicted molar refractivity (Wildman–Crippen MR) is 61.7 cm³/mol. The van der Waals surface area contributed by atoms with Crippen molar-refractivity contribution in [1.82, 2.24) is 4.90 Å². The van der Waals surface area contributed by atoms with Crippen LogP contribution in [-0.4, -0.2) is 42.3 Å². The molecule has 16 heavy (non-hydrogen) atoms. The van der Waals surface area contributed by atoms with Gasteiger partial charge in [-0.05, 0) is 12.8 Å². The predicted octanol–water partition coefficient (Wildman–Crippen LogP) is 3.41. The first-order chi connectivity index (χ1) is 7.44. The van der Waals surface area contributed by atoms with Crippen molar-refractivity contribution in [2.45, 2.75) is 39.1 Å². The van der Waals surface area contributed by atoms with E-state index in [1.807, 2.05) is 18.7 Å². The van der Waals surface area contributed by atoms with Gasteiger partial charge in [-0.25, -0.2) is 0 Å². The molecular weight excluding hydrogens is 287 g/mol. The number of rotatable bonds is 8. The van der Waals surface area contributed by atoms with Gasteiger partial charge in [-0.1, -0.05) is 29.8 Å². The minimum absolute atomic E-state index is 0.299. The lowest BCUT2D eigenvalue weighted by Gasteiger charge is -2.29. The van der Waals surface area contributed by atoms with Gasteiger partial charge in [0.25, 0.3) is 0 Å². The summed E-state index contributed by atoms with van der Waals surface area (Å²) in [6.45, 7) is 4.85. The summed E-state index contributed by atoms with van der Waals surface area (Å²) in [5.74, 6) is 0. The molecule has 0 aromatic carbocycles. The number of hydrogen-bond donors (Lipinski definition) is 0. The van der Waals surface area contributed by atoms with Crippen LogP contribution in [0.4, 0.5) is 13.2 Å². The number of ether oxygens (including phenoxy) is 1. The van der Waals surface area contributed by atoms with Crippen LogP contribution in [0.1, 0.15) is 26.7 Å². The lowest BCUT2D eigenvalue weighted by molar-refractivity contribution is -0.325. The largest absolute Gasteiger partial charge is 0.522 e. The molecule has 0 rings (SSSR count). The SMILES string of the molecule is CCC(CC)N(CCBr)CCOC(F)(F)F. The van der Waals surface area contributed by atoms with Crippen molar-refractivity contribution in [1.29, 1.82) is 0 Å². The molecule has 0 aromatic rings. The van der Waals surface area contributed by atoms with Crippen LogP contribution in [0.2, 0.25) is 0 Å². The van der Waals surface area contributed by atoms with Crippen molar-refractivity contribution in [3.8, 4) is 0 Å². The van der Waals surface area contributed by atoms with Gasteiger partial charge in [-0.3, -0.25) is 9.64 Å². The molecule has 0 fully saturated rings. The van der Waals surface area contributed by atoms with E-state index in [4.69, 9.17) is 0 Å². The summed E-state index contributed by atoms with van der Waals surface area (Å²) in [6, 6.07) is 0.328. The fourth-order valence-electron chi connectivity index (χ4n) is 1.67. The molecule has 0 amide bonds. The fraction of sp³-hybridized carbons (Fsp3) is 1.00. The van der Waals surface area contributed by atoms with E-state index in [9.17, 15) is 13.2 Å². The maximum Gasteiger partial charge on any atom is 0.522 e. The Morgan fingerprint density at radius 2 is 1.75 bits per heavy atom. The Hall–Kier alpha value is 0.190. The van der Waals surface area contributed by atoms with Crippen LogP contribution >= 0.6 is 15.9 Å². The first kappa shape index (κ1) is 16.2. The Bertz CT molecular complexity index is 174. The van der Waals surface area contributed by atoms with Gasteiger partial charge in [0.2, 0.25) is 0 Å². The van der Waals surface area contributed by atoms with Crippen molar-refractivity contribution in [2.75, 3.05) is 25.0 Å². The Morgan fingerprint density at radius 1 is 1.19 bits per heavy atom. The van der Waals surface area contributed by atoms with E-state index in [0.29, 0.717) is 12.6 Å². The average molecular weight is 306 g/mol. The third-order valence-corrected chi connectivity index (χ3v) is 2.83. The number of alkyl halides is 4. The normalized spacial score (nSPS) is 12.8. The van der Waals surface area contributed by atoms with Crippen molar-refractivity contribution < 1.29 is 17.9 Å². The van der Waals surface area contributed by atoms with E-state index in [1.165, 1.54) is 0 Å². The van der Waals surface area contributed by atoms with Crippen LogP contribution in [-0.2, 0) is 4.74 Å². The van der Waals surface area contributed by atoms with Crippen molar-refractivity contribution in [2.24, 2.45) is 0 Å². The summed E-state index contributed by atoms with van der Waals surface area (Å²) in [5, 5.41) is 0.759. The molecule has 2 nitrogen and oxygen atoms in total. The van der Waals surface area contributed by atoms with Gasteiger partial charge in [-0.15, -0.1) is 13.2 Å². The van der Waals surface area contributed by atoms with E-state index in [1.54, 1.807) is 0 Å². The molecule has 0 aromatic heterocycles. The maximum atomic E-state index is 11.8. The minimum Gasteiger partial charge on any atom is -0.297 e. The molecular formula is C10H19BrF3NO. The van der Waals surface area contributed by atoms with E-state index in [2.05, 4.69) is 20.7 Å². The second kappa shape index (κ2) is 8.31. The van der Waals surface area contributed by atoms with E-state index < -0.39 is 6.36 Å². The van der Waals surface area contributed by atoms with Crippen molar-refractivity contribution in [3.05, 3.63) is 0 Å². The molecule has 0 heterocycles. The topological polar surface area (TPSA) is 12.5 Å². The lowest BCUT2D eigenvalue weighted by Crippen LogP contribution is -2.39. The van der Waals surface area contributed by atoms with Gasteiger partial charge in [0, 0.05) is 24.5 Å². The standard InChI is InChI=1S/C10H19BrF3NO/c1-3-9(4-2)15(6-5-11)7-8-16-10(12,13)14/h9H,3-8H2,1-2H3. The molecule has 0 atom stereocenters. The van der Waals surface area contributed by atoms with Gasteiger partial charge in [0.15, 0.2) is 0 Å². The molecule has 0 N–H and O–H groups in total. The van der Waals surface area contributed by atoms with Crippen LogP contribution in [0, 0.1) is 0 Å². The highest BCUT2D eigenvalue weighted by atomic mass is 79.9. The van der Waals surface area contributed by atoms with Crippen molar-refractivity contribution >= 4 is 15.9 Å². The van der Waals surface area contributed by atoms with E-state index in [-0.39, 0.29) is 6.61 Å². The quantitative estimate of drug-likeness (QED) is 0.637. The minimum atomic E-state index is -4.52. The Morgan fingerprint density at radius 3 is 2.12 bits per heavy atom. The zero-order valence-electron chi connectivity index (χ0n) is 9.69. The van der Waals surface area contributed by atoms with Crippen molar-refractivity contribution in [3.63, 3.8) is 0 Å². The average Bonchev–Trinajstić information content (AvgIpc) is 2.17. The second-order valence-corrected chi connectivity index (χ2v) is 4.28. The van der Waals surface area contributed by atoms with Crippen LogP contribution in [0.3, 0.4) is 0 Å². The molecule has 0 saturated heterocycles. The number of halogens is 4.